The maximum Gasteiger partial charge on any atom is 0.242 e. The van der Waals surface area contributed by atoms with E-state index in [-0.39, 0.29) is 10.9 Å². The number of hydrogen-bond acceptors (Lipinski definition) is 4. The molecular formula is C13H15FN2O2S2. The summed E-state index contributed by atoms with van der Waals surface area (Å²) < 4.78 is 40.6. The van der Waals surface area contributed by atoms with Gasteiger partial charge in [-0.05, 0) is 37.7 Å². The average Bonchev–Trinajstić information content (AvgIpc) is 2.85. The lowest BCUT2D eigenvalue weighted by Gasteiger charge is -2.14. The molecule has 0 spiro atoms. The molecule has 108 valence electrons. The fourth-order valence-electron chi connectivity index (χ4n) is 2.38. The van der Waals surface area contributed by atoms with Crippen LogP contribution in [0.25, 0.3) is 0 Å². The molecule has 1 N–H and O–H groups in total. The van der Waals surface area contributed by atoms with E-state index in [1.54, 1.807) is 17.8 Å². The van der Waals surface area contributed by atoms with Crippen LogP contribution >= 0.6 is 11.8 Å². The highest BCUT2D eigenvalue weighted by molar-refractivity contribution is 7.99. The van der Waals surface area contributed by atoms with Crippen LogP contribution in [0.5, 0.6) is 0 Å². The summed E-state index contributed by atoms with van der Waals surface area (Å²) in [6.45, 7) is 0. The van der Waals surface area contributed by atoms with Crippen LogP contribution in [0.2, 0.25) is 0 Å². The highest BCUT2D eigenvalue weighted by Gasteiger charge is 2.29. The Bertz CT molecular complexity index is 640. The molecule has 1 aliphatic rings. The third-order valence-electron chi connectivity index (χ3n) is 3.42. The Labute approximate surface area is 122 Å². The van der Waals surface area contributed by atoms with Crippen molar-refractivity contribution < 1.29 is 12.8 Å². The van der Waals surface area contributed by atoms with Gasteiger partial charge in [0, 0.05) is 11.3 Å². The third kappa shape index (κ3) is 3.14. The molecule has 1 fully saturated rings. The molecule has 0 radical (unpaired) electrons. The number of benzene rings is 1. The molecule has 0 heterocycles. The Morgan fingerprint density at radius 1 is 1.45 bits per heavy atom. The van der Waals surface area contributed by atoms with Gasteiger partial charge in [0.05, 0.1) is 0 Å². The lowest BCUT2D eigenvalue weighted by molar-refractivity contribution is 0.550. The van der Waals surface area contributed by atoms with Crippen LogP contribution in [-0.4, -0.2) is 26.0 Å². The zero-order chi connectivity index (χ0) is 14.8. The van der Waals surface area contributed by atoms with Crippen molar-refractivity contribution in [3.63, 3.8) is 0 Å². The second kappa shape index (κ2) is 6.12. The second-order valence-corrected chi connectivity index (χ2v) is 7.53. The minimum atomic E-state index is -3.86. The lowest BCUT2D eigenvalue weighted by atomic mass is 10.2. The van der Waals surface area contributed by atoms with Crippen LogP contribution in [-0.2, 0) is 10.0 Å². The Kier molecular flexibility index (Phi) is 4.68. The van der Waals surface area contributed by atoms with E-state index < -0.39 is 21.4 Å². The molecule has 1 saturated carbocycles. The van der Waals surface area contributed by atoms with E-state index in [1.807, 2.05) is 6.26 Å². The van der Waals surface area contributed by atoms with Gasteiger partial charge in [-0.25, -0.2) is 17.5 Å². The molecule has 2 atom stereocenters. The monoisotopic (exact) mass is 314 g/mol. The number of hydrogen-bond donors (Lipinski definition) is 1. The van der Waals surface area contributed by atoms with E-state index in [2.05, 4.69) is 4.72 Å². The average molecular weight is 314 g/mol. The zero-order valence-electron chi connectivity index (χ0n) is 11.0. The molecule has 1 aromatic rings. The number of halogens is 1. The summed E-state index contributed by atoms with van der Waals surface area (Å²) in [5, 5.41) is 9.37. The standard InChI is InChI=1S/C13H15FN2O2S2/c1-19-10-6-5-9(7-10)16-20(17,18)13-4-2-3-12(14)11(13)8-15/h2-4,9-10,16H,5-7H2,1H3/t9-,10+/m1/s1. The van der Waals surface area contributed by atoms with E-state index in [9.17, 15) is 12.8 Å². The maximum atomic E-state index is 13.5. The molecule has 1 aliphatic carbocycles. The van der Waals surface area contributed by atoms with Crippen LogP contribution in [0.3, 0.4) is 0 Å². The van der Waals surface area contributed by atoms with Gasteiger partial charge in [-0.2, -0.15) is 17.0 Å². The van der Waals surface area contributed by atoms with Gasteiger partial charge in [0.1, 0.15) is 22.3 Å². The van der Waals surface area contributed by atoms with Crippen molar-refractivity contribution >= 4 is 21.8 Å². The number of nitrogens with zero attached hydrogens (tertiary/aromatic N) is 1. The number of nitrogens with one attached hydrogen (secondary N) is 1. The predicted molar refractivity (Wildman–Crippen MR) is 76.4 cm³/mol. The van der Waals surface area contributed by atoms with Gasteiger partial charge >= 0.3 is 0 Å². The normalized spacial score (nSPS) is 22.6. The van der Waals surface area contributed by atoms with Gasteiger partial charge in [-0.15, -0.1) is 0 Å². The van der Waals surface area contributed by atoms with E-state index >= 15 is 0 Å². The Morgan fingerprint density at radius 2 is 2.20 bits per heavy atom. The number of nitriles is 1. The molecule has 0 unspecified atom stereocenters. The van der Waals surface area contributed by atoms with Crippen molar-refractivity contribution in [2.45, 2.75) is 35.4 Å². The van der Waals surface area contributed by atoms with Crippen LogP contribution in [0.1, 0.15) is 24.8 Å². The summed E-state index contributed by atoms with van der Waals surface area (Å²) >= 11 is 1.72. The summed E-state index contributed by atoms with van der Waals surface area (Å²) in [6.07, 6.45) is 4.49. The highest BCUT2D eigenvalue weighted by atomic mass is 32.2. The van der Waals surface area contributed by atoms with E-state index in [1.165, 1.54) is 12.1 Å². The fourth-order valence-corrected chi connectivity index (χ4v) is 4.63. The largest absolute Gasteiger partial charge is 0.242 e. The van der Waals surface area contributed by atoms with Crippen molar-refractivity contribution in [3.8, 4) is 6.07 Å². The Morgan fingerprint density at radius 3 is 2.80 bits per heavy atom. The summed E-state index contributed by atoms with van der Waals surface area (Å²) in [7, 11) is -3.86. The molecule has 0 bridgehead atoms. The number of thioether (sulfide) groups is 1. The topological polar surface area (TPSA) is 70.0 Å². The molecule has 0 aliphatic heterocycles. The SMILES string of the molecule is CS[C@H]1CC[C@@H](NS(=O)(=O)c2cccc(F)c2C#N)C1. The maximum absolute atomic E-state index is 13.5. The summed E-state index contributed by atoms with van der Waals surface area (Å²) in [6, 6.07) is 5.10. The van der Waals surface area contributed by atoms with Crippen molar-refractivity contribution in [1.29, 1.82) is 5.26 Å². The van der Waals surface area contributed by atoms with Gasteiger partial charge in [-0.1, -0.05) is 6.07 Å². The first-order chi connectivity index (χ1) is 9.47. The molecule has 1 aromatic carbocycles. The highest BCUT2D eigenvalue weighted by Crippen LogP contribution is 2.29. The molecule has 0 amide bonds. The number of rotatable bonds is 4. The molecule has 4 nitrogen and oxygen atoms in total. The third-order valence-corrected chi connectivity index (χ3v) is 6.07. The molecule has 2 rings (SSSR count). The van der Waals surface area contributed by atoms with Crippen molar-refractivity contribution in [1.82, 2.24) is 4.72 Å². The van der Waals surface area contributed by atoms with Crippen LogP contribution in [0, 0.1) is 17.1 Å². The molecule has 0 saturated heterocycles. The number of sulfonamides is 1. The summed E-state index contributed by atoms with van der Waals surface area (Å²) in [5.74, 6) is -0.816. The Balaban J connectivity index is 2.24. The van der Waals surface area contributed by atoms with Crippen LogP contribution in [0.4, 0.5) is 4.39 Å². The first-order valence-electron chi connectivity index (χ1n) is 6.21. The summed E-state index contributed by atoms with van der Waals surface area (Å²) in [4.78, 5) is -0.285. The minimum Gasteiger partial charge on any atom is -0.208 e. The predicted octanol–water partition coefficient (Wildman–Crippen LogP) is 2.26. The molecule has 20 heavy (non-hydrogen) atoms. The van der Waals surface area contributed by atoms with E-state index in [0.29, 0.717) is 5.25 Å². The molecular weight excluding hydrogens is 299 g/mol. The lowest BCUT2D eigenvalue weighted by Crippen LogP contribution is -2.33. The van der Waals surface area contributed by atoms with E-state index in [4.69, 9.17) is 5.26 Å². The van der Waals surface area contributed by atoms with Gasteiger partial charge in [0.15, 0.2) is 0 Å². The second-order valence-electron chi connectivity index (χ2n) is 4.71. The Hall–Kier alpha value is -1.10. The fraction of sp³-hybridized carbons (Fsp3) is 0.462. The van der Waals surface area contributed by atoms with Crippen LogP contribution in [0.15, 0.2) is 23.1 Å². The molecule has 7 heteroatoms. The first kappa shape index (κ1) is 15.3. The van der Waals surface area contributed by atoms with Crippen molar-refractivity contribution in [3.05, 3.63) is 29.6 Å². The van der Waals surface area contributed by atoms with Crippen molar-refractivity contribution in [2.24, 2.45) is 0 Å². The van der Waals surface area contributed by atoms with Crippen molar-refractivity contribution in [2.75, 3.05) is 6.26 Å². The van der Waals surface area contributed by atoms with Gasteiger partial charge in [0.25, 0.3) is 0 Å². The summed E-state index contributed by atoms with van der Waals surface area (Å²) in [5.41, 5.74) is -0.431. The van der Waals surface area contributed by atoms with E-state index in [0.717, 1.165) is 25.3 Å². The van der Waals surface area contributed by atoms with Gasteiger partial charge in [0.2, 0.25) is 10.0 Å². The quantitative estimate of drug-likeness (QED) is 0.925. The smallest absolute Gasteiger partial charge is 0.208 e. The van der Waals surface area contributed by atoms with Gasteiger partial charge < -0.3 is 0 Å². The molecule has 0 aromatic heterocycles. The minimum absolute atomic E-state index is 0.146. The van der Waals surface area contributed by atoms with Crippen LogP contribution < -0.4 is 4.72 Å². The first-order valence-corrected chi connectivity index (χ1v) is 8.98. The zero-order valence-corrected chi connectivity index (χ0v) is 12.6. The van der Waals surface area contributed by atoms with Gasteiger partial charge in [-0.3, -0.25) is 0 Å².